The number of nitrogens with zero attached hydrogens (tertiary/aromatic N) is 2. The smallest absolute Gasteiger partial charge is 0.418 e. The minimum Gasteiger partial charge on any atom is -0.489 e. The predicted octanol–water partition coefficient (Wildman–Crippen LogP) is 5.99. The lowest BCUT2D eigenvalue weighted by Gasteiger charge is -2.37. The lowest BCUT2D eigenvalue weighted by atomic mass is 10.0. The Morgan fingerprint density at radius 2 is 1.58 bits per heavy atom. The molecule has 3 aromatic rings. The number of benzene rings is 2. The lowest BCUT2D eigenvalue weighted by Crippen LogP contribution is -2.46. The molecule has 1 aromatic heterocycles. The fraction of sp³-hybridized carbons (Fsp3) is 0.318. The maximum absolute atomic E-state index is 14.7. The van der Waals surface area contributed by atoms with Crippen LogP contribution in [0.25, 0.3) is 10.9 Å². The Bertz CT molecular complexity index is 1060. The molecule has 0 bridgehead atoms. The van der Waals surface area contributed by atoms with Gasteiger partial charge in [-0.25, -0.2) is 9.88 Å². The van der Waals surface area contributed by atoms with Crippen LogP contribution in [0.4, 0.5) is 26.3 Å². The fourth-order valence-electron chi connectivity index (χ4n) is 3.77. The second-order valence-corrected chi connectivity index (χ2v) is 7.35. The summed E-state index contributed by atoms with van der Waals surface area (Å²) in [6.45, 7) is 0.0394. The first-order valence-electron chi connectivity index (χ1n) is 9.68. The normalized spacial score (nSPS) is 16.6. The van der Waals surface area contributed by atoms with Gasteiger partial charge in [0.1, 0.15) is 11.9 Å². The van der Waals surface area contributed by atoms with Crippen LogP contribution in [-0.4, -0.2) is 29.1 Å². The minimum absolute atomic E-state index is 0.0197. The van der Waals surface area contributed by atoms with Gasteiger partial charge in [0.2, 0.25) is 5.95 Å². The number of hydrogen-bond acceptors (Lipinski definition) is 3. The van der Waals surface area contributed by atoms with Crippen LogP contribution >= 0.6 is 0 Å². The van der Waals surface area contributed by atoms with E-state index in [4.69, 9.17) is 4.74 Å². The van der Waals surface area contributed by atoms with Crippen LogP contribution in [0, 0.1) is 5.95 Å². The van der Waals surface area contributed by atoms with Crippen LogP contribution in [-0.2, 0) is 12.2 Å². The Morgan fingerprint density at radius 1 is 0.903 bits per heavy atom. The molecule has 1 saturated heterocycles. The molecular weight excluding hydrogens is 422 g/mol. The van der Waals surface area contributed by atoms with E-state index in [9.17, 15) is 26.3 Å². The van der Waals surface area contributed by atoms with Crippen molar-refractivity contribution in [3.8, 4) is 5.75 Å². The topological polar surface area (TPSA) is 25.4 Å². The third kappa shape index (κ3) is 4.32. The zero-order valence-electron chi connectivity index (χ0n) is 16.2. The number of rotatable bonds is 4. The Labute approximate surface area is 174 Å². The van der Waals surface area contributed by atoms with Crippen molar-refractivity contribution < 1.29 is 31.1 Å². The molecule has 1 aliphatic heterocycles. The monoisotopic (exact) mass is 440 g/mol. The van der Waals surface area contributed by atoms with E-state index in [0.717, 1.165) is 17.0 Å². The quantitative estimate of drug-likeness (QED) is 0.283. The van der Waals surface area contributed by atoms with Crippen LogP contribution < -0.4 is 4.74 Å². The van der Waals surface area contributed by atoms with Crippen molar-refractivity contribution in [1.29, 1.82) is 0 Å². The Hall–Kier alpha value is -2.81. The molecule has 4 rings (SSSR count). The highest BCUT2D eigenvalue weighted by atomic mass is 19.4. The van der Waals surface area contributed by atoms with E-state index in [2.05, 4.69) is 4.98 Å². The van der Waals surface area contributed by atoms with Crippen LogP contribution in [0.15, 0.2) is 54.6 Å². The van der Waals surface area contributed by atoms with Gasteiger partial charge < -0.3 is 4.74 Å². The lowest BCUT2D eigenvalue weighted by molar-refractivity contribution is -0.167. The molecule has 3 nitrogen and oxygen atoms in total. The van der Waals surface area contributed by atoms with Gasteiger partial charge in [-0.2, -0.15) is 26.3 Å². The number of halogens is 6. The minimum atomic E-state index is -4.70. The van der Waals surface area contributed by atoms with Gasteiger partial charge in [-0.05, 0) is 25.0 Å². The molecule has 0 unspecified atom stereocenters. The molecule has 164 valence electrons. The molecule has 0 atom stereocenters. The van der Waals surface area contributed by atoms with Crippen LogP contribution in [0.1, 0.15) is 24.0 Å². The summed E-state index contributed by atoms with van der Waals surface area (Å²) in [5.74, 6) is -1.19. The van der Waals surface area contributed by atoms with Gasteiger partial charge in [0.05, 0.1) is 11.1 Å². The average molecular weight is 440 g/mol. The van der Waals surface area contributed by atoms with Crippen LogP contribution in [0.2, 0.25) is 0 Å². The van der Waals surface area contributed by atoms with Gasteiger partial charge in [-0.15, -0.1) is 0 Å². The van der Waals surface area contributed by atoms with Crippen molar-refractivity contribution in [3.05, 3.63) is 71.7 Å². The number of fused-ring (bicyclic) bond motifs is 1. The van der Waals surface area contributed by atoms with E-state index in [0.29, 0.717) is 0 Å². The van der Waals surface area contributed by atoms with E-state index < -0.39 is 35.4 Å². The Kier molecular flexibility index (Phi) is 5.55. The standard InChI is InChI=1S/C22H18F6N2O/c23-19-13-18(16-7-4-8-17(20(16)29-19)21(24,25)26)31-15-9-11-30(12-10-15)22(27,28)14-5-2-1-3-6-14/h1-8,13,15H,9-12H2. The van der Waals surface area contributed by atoms with Crippen LogP contribution in [0.5, 0.6) is 5.75 Å². The number of ether oxygens (including phenoxy) is 1. The van der Waals surface area contributed by atoms with Crippen molar-refractivity contribution in [2.24, 2.45) is 0 Å². The predicted molar refractivity (Wildman–Crippen MR) is 102 cm³/mol. The van der Waals surface area contributed by atoms with Gasteiger partial charge in [0, 0.05) is 30.1 Å². The molecule has 0 aliphatic carbocycles. The van der Waals surface area contributed by atoms with Gasteiger partial charge in [-0.3, -0.25) is 0 Å². The number of aromatic nitrogens is 1. The van der Waals surface area contributed by atoms with Gasteiger partial charge in [0.25, 0.3) is 0 Å². The summed E-state index contributed by atoms with van der Waals surface area (Å²) >= 11 is 0. The highest BCUT2D eigenvalue weighted by molar-refractivity contribution is 5.87. The third-order valence-electron chi connectivity index (χ3n) is 5.33. The molecular formula is C22H18F6N2O. The molecule has 2 heterocycles. The first kappa shape index (κ1) is 21.4. The maximum atomic E-state index is 14.7. The van der Waals surface area contributed by atoms with Crippen LogP contribution in [0.3, 0.4) is 0 Å². The second kappa shape index (κ2) is 8.03. The van der Waals surface area contributed by atoms with E-state index in [1.54, 1.807) is 6.07 Å². The summed E-state index contributed by atoms with van der Waals surface area (Å²) in [5, 5.41) is 0.0215. The number of pyridine rings is 1. The zero-order valence-corrected chi connectivity index (χ0v) is 16.2. The fourth-order valence-corrected chi connectivity index (χ4v) is 3.77. The molecule has 9 heteroatoms. The molecule has 31 heavy (non-hydrogen) atoms. The summed E-state index contributed by atoms with van der Waals surface area (Å²) in [4.78, 5) is 4.44. The Balaban J connectivity index is 1.53. The van der Waals surface area contributed by atoms with Gasteiger partial charge >= 0.3 is 12.2 Å². The molecule has 2 aromatic carbocycles. The maximum Gasteiger partial charge on any atom is 0.418 e. The summed E-state index contributed by atoms with van der Waals surface area (Å²) in [5.41, 5.74) is -1.72. The van der Waals surface area contributed by atoms with E-state index in [1.807, 2.05) is 0 Å². The molecule has 0 spiro atoms. The zero-order chi connectivity index (χ0) is 22.2. The van der Waals surface area contributed by atoms with Crippen molar-refractivity contribution in [3.63, 3.8) is 0 Å². The number of alkyl halides is 5. The molecule has 1 aliphatic rings. The first-order chi connectivity index (χ1) is 14.7. The SMILES string of the molecule is Fc1cc(OC2CCN(C(F)(F)c3ccccc3)CC2)c2cccc(C(F)(F)F)c2n1. The molecule has 0 amide bonds. The van der Waals surface area contributed by atoms with Crippen molar-refractivity contribution >= 4 is 10.9 Å². The molecule has 0 saturated carbocycles. The van der Waals surface area contributed by atoms with E-state index in [1.165, 1.54) is 36.4 Å². The van der Waals surface area contributed by atoms with E-state index >= 15 is 0 Å². The van der Waals surface area contributed by atoms with Crippen molar-refractivity contribution in [2.75, 3.05) is 13.1 Å². The number of para-hydroxylation sites is 1. The van der Waals surface area contributed by atoms with E-state index in [-0.39, 0.29) is 42.6 Å². The van der Waals surface area contributed by atoms with Crippen molar-refractivity contribution in [1.82, 2.24) is 9.88 Å². The third-order valence-corrected chi connectivity index (χ3v) is 5.33. The first-order valence-corrected chi connectivity index (χ1v) is 9.68. The molecule has 0 radical (unpaired) electrons. The number of piperidine rings is 1. The Morgan fingerprint density at radius 3 is 2.23 bits per heavy atom. The molecule has 1 fully saturated rings. The van der Waals surface area contributed by atoms with Crippen molar-refractivity contribution in [2.45, 2.75) is 31.2 Å². The molecule has 0 N–H and O–H groups in total. The summed E-state index contributed by atoms with van der Waals surface area (Å²) in [6, 6.07) is 8.60. The highest BCUT2D eigenvalue weighted by Gasteiger charge is 2.41. The number of hydrogen-bond donors (Lipinski definition) is 0. The van der Waals surface area contributed by atoms with Gasteiger partial charge in [0.15, 0.2) is 0 Å². The largest absolute Gasteiger partial charge is 0.489 e. The van der Waals surface area contributed by atoms with Gasteiger partial charge in [-0.1, -0.05) is 36.4 Å². The summed E-state index contributed by atoms with van der Waals surface area (Å²) < 4.78 is 89.0. The second-order valence-electron chi connectivity index (χ2n) is 7.35. The number of likely N-dealkylation sites (tertiary alicyclic amines) is 1. The highest BCUT2D eigenvalue weighted by Crippen LogP contribution is 2.38. The summed E-state index contributed by atoms with van der Waals surface area (Å²) in [6.07, 6.45) is -4.81. The average Bonchev–Trinajstić information content (AvgIpc) is 2.73. The summed E-state index contributed by atoms with van der Waals surface area (Å²) in [7, 11) is 0.